The summed E-state index contributed by atoms with van der Waals surface area (Å²) < 4.78 is 0. The number of nitrogens with one attached hydrogen (secondary N) is 2. The van der Waals surface area contributed by atoms with Crippen LogP contribution in [0.5, 0.6) is 0 Å². The quantitative estimate of drug-likeness (QED) is 0.385. The molecule has 24 heavy (non-hydrogen) atoms. The molecule has 0 radical (unpaired) electrons. The summed E-state index contributed by atoms with van der Waals surface area (Å²) in [5.74, 6) is 0.937. The molecule has 0 aromatic carbocycles. The number of thiazole rings is 1. The van der Waals surface area contributed by atoms with Gasteiger partial charge in [-0.1, -0.05) is 6.92 Å². The molecule has 0 atom stereocenters. The molecule has 0 saturated carbocycles. The number of hydrogen-bond donors (Lipinski definition) is 2. The summed E-state index contributed by atoms with van der Waals surface area (Å²) in [6, 6.07) is 0.533. The van der Waals surface area contributed by atoms with E-state index in [4.69, 9.17) is 4.99 Å². The molecular formula is C17H32IN5S. The predicted molar refractivity (Wildman–Crippen MR) is 115 cm³/mol. The van der Waals surface area contributed by atoms with Gasteiger partial charge >= 0.3 is 0 Å². The fourth-order valence-electron chi connectivity index (χ4n) is 3.00. The monoisotopic (exact) mass is 465 g/mol. The molecule has 0 aliphatic carbocycles. The first kappa shape index (κ1) is 21.6. The highest BCUT2D eigenvalue weighted by Crippen LogP contribution is 2.18. The third-order valence-corrected chi connectivity index (χ3v) is 5.25. The Bertz CT molecular complexity index is 509. The van der Waals surface area contributed by atoms with Crippen LogP contribution in [0, 0.1) is 13.8 Å². The first-order valence-corrected chi connectivity index (χ1v) is 9.64. The minimum absolute atomic E-state index is 0. The molecule has 0 spiro atoms. The van der Waals surface area contributed by atoms with Gasteiger partial charge in [0.05, 0.1) is 17.2 Å². The molecule has 1 saturated heterocycles. The van der Waals surface area contributed by atoms with Gasteiger partial charge in [0.15, 0.2) is 5.96 Å². The van der Waals surface area contributed by atoms with Crippen molar-refractivity contribution in [2.45, 2.75) is 59.5 Å². The lowest BCUT2D eigenvalue weighted by atomic mass is 10.1. The Morgan fingerprint density at radius 1 is 1.29 bits per heavy atom. The average Bonchev–Trinajstić information content (AvgIpc) is 2.85. The van der Waals surface area contributed by atoms with Gasteiger partial charge in [-0.05, 0) is 46.6 Å². The van der Waals surface area contributed by atoms with Crippen LogP contribution in [0.2, 0.25) is 0 Å². The smallest absolute Gasteiger partial charge is 0.191 e. The van der Waals surface area contributed by atoms with E-state index in [9.17, 15) is 0 Å². The normalized spacial score (nSPS) is 16.8. The summed E-state index contributed by atoms with van der Waals surface area (Å²) in [7, 11) is 0. The second-order valence-corrected chi connectivity index (χ2v) is 7.48. The lowest BCUT2D eigenvalue weighted by molar-refractivity contribution is 0.206. The van der Waals surface area contributed by atoms with Crippen molar-refractivity contribution in [3.05, 3.63) is 15.6 Å². The molecule has 2 rings (SSSR count). The zero-order chi connectivity index (χ0) is 16.7. The van der Waals surface area contributed by atoms with Crippen LogP contribution < -0.4 is 10.6 Å². The zero-order valence-electron chi connectivity index (χ0n) is 15.4. The first-order valence-electron chi connectivity index (χ1n) is 8.82. The number of aryl methyl sites for hydroxylation is 2. The van der Waals surface area contributed by atoms with Gasteiger partial charge in [0.25, 0.3) is 0 Å². The van der Waals surface area contributed by atoms with Crippen molar-refractivity contribution in [2.24, 2.45) is 4.99 Å². The van der Waals surface area contributed by atoms with Gasteiger partial charge in [-0.15, -0.1) is 35.3 Å². The van der Waals surface area contributed by atoms with Gasteiger partial charge < -0.3 is 15.5 Å². The Morgan fingerprint density at radius 2 is 2.00 bits per heavy atom. The van der Waals surface area contributed by atoms with E-state index >= 15 is 0 Å². The third kappa shape index (κ3) is 6.84. The lowest BCUT2D eigenvalue weighted by Crippen LogP contribution is -2.48. The Hall–Kier alpha value is -0.410. The molecule has 5 nitrogen and oxygen atoms in total. The number of aromatic nitrogens is 1. The average molecular weight is 465 g/mol. The Morgan fingerprint density at radius 3 is 2.54 bits per heavy atom. The number of halogens is 1. The molecule has 2 heterocycles. The fourth-order valence-corrected chi connectivity index (χ4v) is 3.86. The second kappa shape index (κ2) is 11.3. The molecule has 7 heteroatoms. The topological polar surface area (TPSA) is 52.5 Å². The van der Waals surface area contributed by atoms with Crippen LogP contribution in [0.4, 0.5) is 0 Å². The minimum Gasteiger partial charge on any atom is -0.357 e. The molecule has 1 aromatic rings. The molecule has 2 N–H and O–H groups in total. The van der Waals surface area contributed by atoms with E-state index in [-0.39, 0.29) is 24.0 Å². The van der Waals surface area contributed by atoms with Crippen LogP contribution in [0.15, 0.2) is 4.99 Å². The summed E-state index contributed by atoms with van der Waals surface area (Å²) in [5, 5.41) is 8.10. The standard InChI is InChI=1S/C17H31N5S.HI/c1-5-9-22-10-7-15(8-11-22)21-17(18-6-2)19-12-16-13(3)20-14(4)23-16;/h15H,5-12H2,1-4H3,(H2,18,19,21);1H. The molecule has 0 bridgehead atoms. The predicted octanol–water partition coefficient (Wildman–Crippen LogP) is 3.31. The number of hydrogen-bond acceptors (Lipinski definition) is 4. The number of rotatable bonds is 6. The third-order valence-electron chi connectivity index (χ3n) is 4.19. The van der Waals surface area contributed by atoms with Crippen molar-refractivity contribution in [2.75, 3.05) is 26.2 Å². The van der Waals surface area contributed by atoms with Crippen LogP contribution >= 0.6 is 35.3 Å². The zero-order valence-corrected chi connectivity index (χ0v) is 18.5. The van der Waals surface area contributed by atoms with Crippen molar-refractivity contribution in [1.82, 2.24) is 20.5 Å². The van der Waals surface area contributed by atoms with E-state index in [1.54, 1.807) is 11.3 Å². The fraction of sp³-hybridized carbons (Fsp3) is 0.765. The molecular weight excluding hydrogens is 433 g/mol. The summed E-state index contributed by atoms with van der Waals surface area (Å²) >= 11 is 1.75. The van der Waals surface area contributed by atoms with E-state index in [2.05, 4.69) is 48.2 Å². The lowest BCUT2D eigenvalue weighted by Gasteiger charge is -2.32. The van der Waals surface area contributed by atoms with Gasteiger partial charge in [-0.2, -0.15) is 0 Å². The SMILES string of the molecule is CCCN1CCC(NC(=NCc2sc(C)nc2C)NCC)CC1.I. The molecule has 1 aliphatic rings. The van der Waals surface area contributed by atoms with Crippen LogP contribution in [-0.2, 0) is 6.54 Å². The summed E-state index contributed by atoms with van der Waals surface area (Å²) in [6.07, 6.45) is 3.64. The minimum atomic E-state index is 0. The highest BCUT2D eigenvalue weighted by atomic mass is 127. The molecule has 0 amide bonds. The second-order valence-electron chi connectivity index (χ2n) is 6.20. The van der Waals surface area contributed by atoms with E-state index in [0.29, 0.717) is 12.6 Å². The summed E-state index contributed by atoms with van der Waals surface area (Å²) in [5.41, 5.74) is 1.11. The van der Waals surface area contributed by atoms with Crippen LogP contribution in [0.3, 0.4) is 0 Å². The van der Waals surface area contributed by atoms with E-state index in [0.717, 1.165) is 23.2 Å². The van der Waals surface area contributed by atoms with Crippen LogP contribution in [0.25, 0.3) is 0 Å². The number of likely N-dealkylation sites (tertiary alicyclic amines) is 1. The Kier molecular flexibility index (Phi) is 10.1. The van der Waals surface area contributed by atoms with Crippen LogP contribution in [0.1, 0.15) is 48.7 Å². The van der Waals surface area contributed by atoms with Gasteiger partial charge in [0.2, 0.25) is 0 Å². The van der Waals surface area contributed by atoms with E-state index < -0.39 is 0 Å². The largest absolute Gasteiger partial charge is 0.357 e. The highest BCUT2D eigenvalue weighted by molar-refractivity contribution is 14.0. The van der Waals surface area contributed by atoms with E-state index in [1.807, 2.05) is 0 Å². The highest BCUT2D eigenvalue weighted by Gasteiger charge is 2.19. The molecule has 138 valence electrons. The molecule has 0 unspecified atom stereocenters. The summed E-state index contributed by atoms with van der Waals surface area (Å²) in [4.78, 5) is 13.1. The van der Waals surface area contributed by atoms with Gasteiger partial charge in [0, 0.05) is 30.6 Å². The number of nitrogens with zero attached hydrogens (tertiary/aromatic N) is 3. The van der Waals surface area contributed by atoms with Crippen molar-refractivity contribution in [3.63, 3.8) is 0 Å². The Labute approximate surface area is 167 Å². The number of aliphatic imine (C=N–C) groups is 1. The maximum Gasteiger partial charge on any atom is 0.191 e. The molecule has 1 aliphatic heterocycles. The first-order chi connectivity index (χ1) is 11.1. The van der Waals surface area contributed by atoms with Gasteiger partial charge in [-0.25, -0.2) is 9.98 Å². The number of piperidine rings is 1. The van der Waals surface area contributed by atoms with Crippen molar-refractivity contribution in [3.8, 4) is 0 Å². The van der Waals surface area contributed by atoms with E-state index in [1.165, 1.54) is 43.8 Å². The van der Waals surface area contributed by atoms with Crippen molar-refractivity contribution in [1.29, 1.82) is 0 Å². The Balaban J connectivity index is 0.00000288. The maximum absolute atomic E-state index is 4.76. The van der Waals surface area contributed by atoms with Gasteiger partial charge in [-0.3, -0.25) is 0 Å². The van der Waals surface area contributed by atoms with Gasteiger partial charge in [0.1, 0.15) is 0 Å². The summed E-state index contributed by atoms with van der Waals surface area (Å²) in [6.45, 7) is 13.7. The van der Waals surface area contributed by atoms with Crippen molar-refractivity contribution >= 4 is 41.3 Å². The number of guanidine groups is 1. The molecule has 1 aromatic heterocycles. The molecule has 1 fully saturated rings. The van der Waals surface area contributed by atoms with Crippen LogP contribution in [-0.4, -0.2) is 48.1 Å². The maximum atomic E-state index is 4.76. The van der Waals surface area contributed by atoms with Crippen molar-refractivity contribution < 1.29 is 0 Å².